The monoisotopic (exact) mass is 268 g/mol. The molecule has 0 aliphatic rings. The number of ether oxygens (including phenoxy) is 1. The summed E-state index contributed by atoms with van der Waals surface area (Å²) in [4.78, 5) is 24.7. The Kier molecular flexibility index (Phi) is 2.90. The Hall–Kier alpha value is -2.76. The van der Waals surface area contributed by atoms with Crippen LogP contribution in [0.15, 0.2) is 36.9 Å². The van der Waals surface area contributed by atoms with Crippen molar-refractivity contribution in [1.82, 2.24) is 19.5 Å². The second-order valence-corrected chi connectivity index (χ2v) is 4.31. The average Bonchev–Trinajstić information content (AvgIpc) is 2.91. The minimum atomic E-state index is -0.431. The molecule has 0 amide bonds. The maximum absolute atomic E-state index is 11.9. The van der Waals surface area contributed by atoms with Crippen LogP contribution in [-0.4, -0.2) is 32.6 Å². The number of aryl methyl sites for hydroxylation is 1. The number of hydrogen-bond donors (Lipinski definition) is 0. The van der Waals surface area contributed by atoms with Crippen LogP contribution in [0.25, 0.3) is 22.4 Å². The first-order valence-corrected chi connectivity index (χ1v) is 6.01. The number of aromatic nitrogens is 4. The number of hydrogen-bond acceptors (Lipinski definition) is 5. The molecule has 0 radical (unpaired) electrons. The molecule has 100 valence electrons. The van der Waals surface area contributed by atoms with E-state index in [1.165, 1.54) is 7.11 Å². The van der Waals surface area contributed by atoms with E-state index in [1.54, 1.807) is 30.9 Å². The summed E-state index contributed by atoms with van der Waals surface area (Å²) >= 11 is 0. The first-order valence-electron chi connectivity index (χ1n) is 6.01. The van der Waals surface area contributed by atoms with Gasteiger partial charge in [-0.1, -0.05) is 0 Å². The average molecular weight is 268 g/mol. The second kappa shape index (κ2) is 4.73. The van der Waals surface area contributed by atoms with Crippen molar-refractivity contribution in [2.45, 2.75) is 0 Å². The Balaban J connectivity index is 2.31. The summed E-state index contributed by atoms with van der Waals surface area (Å²) in [5, 5.41) is 0. The van der Waals surface area contributed by atoms with Crippen molar-refractivity contribution >= 4 is 17.0 Å². The minimum absolute atomic E-state index is 0.398. The van der Waals surface area contributed by atoms with Crippen LogP contribution in [-0.2, 0) is 11.8 Å². The van der Waals surface area contributed by atoms with Gasteiger partial charge >= 0.3 is 5.97 Å². The highest BCUT2D eigenvalue weighted by molar-refractivity contribution is 6.02. The van der Waals surface area contributed by atoms with Gasteiger partial charge in [-0.25, -0.2) is 14.8 Å². The molecule has 0 spiro atoms. The molecule has 0 saturated heterocycles. The van der Waals surface area contributed by atoms with Gasteiger partial charge < -0.3 is 9.30 Å². The van der Waals surface area contributed by atoms with Gasteiger partial charge in [0.2, 0.25) is 0 Å². The lowest BCUT2D eigenvalue weighted by Crippen LogP contribution is -2.05. The summed E-state index contributed by atoms with van der Waals surface area (Å²) < 4.78 is 6.66. The van der Waals surface area contributed by atoms with Gasteiger partial charge in [-0.05, 0) is 18.2 Å². The van der Waals surface area contributed by atoms with Crippen LogP contribution in [0.2, 0.25) is 0 Å². The van der Waals surface area contributed by atoms with Gasteiger partial charge in [-0.2, -0.15) is 0 Å². The van der Waals surface area contributed by atoms with Crippen molar-refractivity contribution in [3.8, 4) is 11.4 Å². The summed E-state index contributed by atoms with van der Waals surface area (Å²) in [5.41, 5.74) is 3.05. The highest BCUT2D eigenvalue weighted by Crippen LogP contribution is 2.23. The first-order chi connectivity index (χ1) is 9.70. The SMILES string of the molecule is COC(=O)c1cc(-c2cncn2C)nc2cccnc12. The largest absolute Gasteiger partial charge is 0.465 e. The number of pyridine rings is 2. The zero-order valence-corrected chi connectivity index (χ0v) is 11.1. The van der Waals surface area contributed by atoms with Crippen LogP contribution >= 0.6 is 0 Å². The Morgan fingerprint density at radius 2 is 2.25 bits per heavy atom. The van der Waals surface area contributed by atoms with Gasteiger partial charge in [0.15, 0.2) is 0 Å². The second-order valence-electron chi connectivity index (χ2n) is 4.31. The highest BCUT2D eigenvalue weighted by Gasteiger charge is 2.16. The van der Waals surface area contributed by atoms with E-state index < -0.39 is 5.97 Å². The van der Waals surface area contributed by atoms with Gasteiger partial charge in [-0.15, -0.1) is 0 Å². The molecular weight excluding hydrogens is 256 g/mol. The molecule has 0 saturated carbocycles. The molecule has 6 heteroatoms. The fourth-order valence-corrected chi connectivity index (χ4v) is 2.06. The van der Waals surface area contributed by atoms with Crippen LogP contribution in [0.4, 0.5) is 0 Å². The van der Waals surface area contributed by atoms with Crippen LogP contribution in [0.5, 0.6) is 0 Å². The van der Waals surface area contributed by atoms with Crippen molar-refractivity contribution in [2.75, 3.05) is 7.11 Å². The molecule has 0 aliphatic heterocycles. The summed E-state index contributed by atoms with van der Waals surface area (Å²) in [6.07, 6.45) is 5.01. The smallest absolute Gasteiger partial charge is 0.340 e. The zero-order chi connectivity index (χ0) is 14.1. The molecule has 3 aromatic heterocycles. The molecule has 0 N–H and O–H groups in total. The molecule has 6 nitrogen and oxygen atoms in total. The van der Waals surface area contributed by atoms with Crippen LogP contribution in [0.1, 0.15) is 10.4 Å². The van der Waals surface area contributed by atoms with Gasteiger partial charge in [0, 0.05) is 13.2 Å². The summed E-state index contributed by atoms with van der Waals surface area (Å²) in [6, 6.07) is 5.27. The number of carbonyl (C=O) groups excluding carboxylic acids is 1. The van der Waals surface area contributed by atoms with Crippen molar-refractivity contribution in [3.63, 3.8) is 0 Å². The Morgan fingerprint density at radius 1 is 1.40 bits per heavy atom. The highest BCUT2D eigenvalue weighted by atomic mass is 16.5. The summed E-state index contributed by atoms with van der Waals surface area (Å²) in [5.74, 6) is -0.431. The van der Waals surface area contributed by atoms with E-state index in [0.29, 0.717) is 22.3 Å². The normalized spacial score (nSPS) is 10.7. The predicted octanol–water partition coefficient (Wildman–Crippen LogP) is 1.82. The number of carbonyl (C=O) groups is 1. The van der Waals surface area contributed by atoms with Gasteiger partial charge in [-0.3, -0.25) is 4.98 Å². The minimum Gasteiger partial charge on any atom is -0.465 e. The van der Waals surface area contributed by atoms with Gasteiger partial charge in [0.25, 0.3) is 0 Å². The predicted molar refractivity (Wildman–Crippen MR) is 73.1 cm³/mol. The molecule has 20 heavy (non-hydrogen) atoms. The molecule has 0 fully saturated rings. The van der Waals surface area contributed by atoms with Crippen molar-refractivity contribution in [2.24, 2.45) is 7.05 Å². The number of imidazole rings is 1. The first kappa shape index (κ1) is 12.3. The third-order valence-corrected chi connectivity index (χ3v) is 3.05. The van der Waals surface area contributed by atoms with E-state index in [9.17, 15) is 4.79 Å². The molecule has 0 aliphatic carbocycles. The molecule has 3 rings (SSSR count). The molecule has 0 bridgehead atoms. The molecule has 0 aromatic carbocycles. The zero-order valence-electron chi connectivity index (χ0n) is 11.1. The molecule has 0 unspecified atom stereocenters. The van der Waals surface area contributed by atoms with E-state index in [2.05, 4.69) is 15.0 Å². The van der Waals surface area contributed by atoms with E-state index in [0.717, 1.165) is 5.69 Å². The third kappa shape index (κ3) is 1.91. The van der Waals surface area contributed by atoms with Crippen LogP contribution < -0.4 is 0 Å². The number of fused-ring (bicyclic) bond motifs is 1. The third-order valence-electron chi connectivity index (χ3n) is 3.05. The molecular formula is C14H12N4O2. The van der Waals surface area contributed by atoms with E-state index in [1.807, 2.05) is 17.7 Å². The summed E-state index contributed by atoms with van der Waals surface area (Å²) in [6.45, 7) is 0. The number of nitrogens with zero attached hydrogens (tertiary/aromatic N) is 4. The molecule has 3 heterocycles. The Bertz CT molecular complexity index is 795. The van der Waals surface area contributed by atoms with Crippen LogP contribution in [0.3, 0.4) is 0 Å². The lowest BCUT2D eigenvalue weighted by atomic mass is 10.1. The number of methoxy groups -OCH3 is 1. The lowest BCUT2D eigenvalue weighted by Gasteiger charge is -2.07. The standard InChI is InChI=1S/C14H12N4O2/c1-18-8-15-7-12(18)11-6-9(14(19)20-2)13-10(17-11)4-3-5-16-13/h3-8H,1-2H3. The maximum Gasteiger partial charge on any atom is 0.340 e. The quantitative estimate of drug-likeness (QED) is 0.663. The Morgan fingerprint density at radius 3 is 2.95 bits per heavy atom. The van der Waals surface area contributed by atoms with E-state index in [-0.39, 0.29) is 0 Å². The van der Waals surface area contributed by atoms with Crippen molar-refractivity contribution in [3.05, 3.63) is 42.5 Å². The fourth-order valence-electron chi connectivity index (χ4n) is 2.06. The van der Waals surface area contributed by atoms with E-state index >= 15 is 0 Å². The van der Waals surface area contributed by atoms with Gasteiger partial charge in [0.1, 0.15) is 5.52 Å². The van der Waals surface area contributed by atoms with Crippen molar-refractivity contribution in [1.29, 1.82) is 0 Å². The topological polar surface area (TPSA) is 69.9 Å². The maximum atomic E-state index is 11.9. The number of rotatable bonds is 2. The Labute approximate surface area is 115 Å². The number of esters is 1. The molecule has 3 aromatic rings. The summed E-state index contributed by atoms with van der Waals surface area (Å²) in [7, 11) is 3.22. The fraction of sp³-hybridized carbons (Fsp3) is 0.143. The molecule has 0 atom stereocenters. The van der Waals surface area contributed by atoms with E-state index in [4.69, 9.17) is 4.74 Å². The van der Waals surface area contributed by atoms with Crippen molar-refractivity contribution < 1.29 is 9.53 Å². The van der Waals surface area contributed by atoms with Gasteiger partial charge in [0.05, 0.1) is 42.1 Å². The lowest BCUT2D eigenvalue weighted by molar-refractivity contribution is 0.0602. The van der Waals surface area contributed by atoms with Crippen LogP contribution in [0, 0.1) is 0 Å².